The minimum absolute atomic E-state index is 0.115. The molecule has 0 bridgehead atoms. The van der Waals surface area contributed by atoms with Crippen molar-refractivity contribution in [3.05, 3.63) is 42.0 Å². The summed E-state index contributed by atoms with van der Waals surface area (Å²) < 4.78 is 11.7. The lowest BCUT2D eigenvalue weighted by atomic mass is 9.98. The maximum absolute atomic E-state index is 6.20. The van der Waals surface area contributed by atoms with Crippen molar-refractivity contribution < 1.29 is 9.47 Å². The van der Waals surface area contributed by atoms with E-state index in [1.807, 2.05) is 12.1 Å². The first-order valence-electron chi connectivity index (χ1n) is 7.25. The first-order chi connectivity index (χ1) is 9.83. The molecule has 1 saturated heterocycles. The van der Waals surface area contributed by atoms with E-state index in [1.165, 1.54) is 10.9 Å². The fourth-order valence-electron chi connectivity index (χ4n) is 2.88. The van der Waals surface area contributed by atoms with Crippen LogP contribution in [0.15, 0.2) is 36.4 Å². The van der Waals surface area contributed by atoms with Gasteiger partial charge in [0.25, 0.3) is 0 Å². The molecule has 1 heterocycles. The number of hydrogen-bond donors (Lipinski definition) is 1. The monoisotopic (exact) mass is 271 g/mol. The highest BCUT2D eigenvalue weighted by molar-refractivity contribution is 5.91. The molecule has 2 unspecified atom stereocenters. The van der Waals surface area contributed by atoms with Gasteiger partial charge in [-0.05, 0) is 23.4 Å². The van der Waals surface area contributed by atoms with Crippen LogP contribution in [-0.2, 0) is 4.74 Å². The molecule has 2 aromatic rings. The fraction of sp³-hybridized carbons (Fsp3) is 0.412. The third kappa shape index (κ3) is 2.39. The van der Waals surface area contributed by atoms with Gasteiger partial charge < -0.3 is 14.8 Å². The lowest BCUT2D eigenvalue weighted by molar-refractivity contribution is -0.0392. The number of morpholine rings is 1. The van der Waals surface area contributed by atoms with Crippen LogP contribution < -0.4 is 10.1 Å². The second-order valence-corrected chi connectivity index (χ2v) is 5.22. The normalized spacial score (nSPS) is 22.9. The minimum Gasteiger partial charge on any atom is -0.496 e. The molecule has 106 valence electrons. The van der Waals surface area contributed by atoms with Crippen LogP contribution in [0.2, 0.25) is 0 Å². The molecule has 0 aromatic heterocycles. The number of fused-ring (bicyclic) bond motifs is 1. The van der Waals surface area contributed by atoms with Crippen molar-refractivity contribution in [3.63, 3.8) is 0 Å². The molecule has 20 heavy (non-hydrogen) atoms. The van der Waals surface area contributed by atoms with E-state index in [1.54, 1.807) is 7.11 Å². The van der Waals surface area contributed by atoms with Crippen LogP contribution in [-0.4, -0.2) is 26.3 Å². The SMILES string of the molecule is CCC1CNCC(c2ccc(OC)c3ccccc23)O1. The van der Waals surface area contributed by atoms with E-state index in [9.17, 15) is 0 Å². The summed E-state index contributed by atoms with van der Waals surface area (Å²) in [5, 5.41) is 5.84. The lowest BCUT2D eigenvalue weighted by Gasteiger charge is -2.31. The molecular weight excluding hydrogens is 250 g/mol. The van der Waals surface area contributed by atoms with E-state index >= 15 is 0 Å². The van der Waals surface area contributed by atoms with Gasteiger partial charge in [-0.25, -0.2) is 0 Å². The third-order valence-electron chi connectivity index (χ3n) is 4.00. The van der Waals surface area contributed by atoms with Gasteiger partial charge in [0.2, 0.25) is 0 Å². The zero-order valence-electron chi connectivity index (χ0n) is 12.1. The van der Waals surface area contributed by atoms with Crippen molar-refractivity contribution in [1.82, 2.24) is 5.32 Å². The van der Waals surface area contributed by atoms with Crippen molar-refractivity contribution in [1.29, 1.82) is 0 Å². The van der Waals surface area contributed by atoms with E-state index in [-0.39, 0.29) is 6.10 Å². The van der Waals surface area contributed by atoms with E-state index in [0.717, 1.165) is 30.6 Å². The Balaban J connectivity index is 2.03. The molecule has 0 amide bonds. The average molecular weight is 271 g/mol. The highest BCUT2D eigenvalue weighted by atomic mass is 16.5. The van der Waals surface area contributed by atoms with Gasteiger partial charge in [-0.3, -0.25) is 0 Å². The number of ether oxygens (including phenoxy) is 2. The van der Waals surface area contributed by atoms with Gasteiger partial charge in [0.05, 0.1) is 19.3 Å². The summed E-state index contributed by atoms with van der Waals surface area (Å²) in [6, 6.07) is 12.5. The predicted octanol–water partition coefficient (Wildman–Crippen LogP) is 3.29. The van der Waals surface area contributed by atoms with Gasteiger partial charge in [-0.15, -0.1) is 0 Å². The van der Waals surface area contributed by atoms with E-state index in [2.05, 4.69) is 36.5 Å². The molecule has 2 aromatic carbocycles. The largest absolute Gasteiger partial charge is 0.496 e. The fourth-order valence-corrected chi connectivity index (χ4v) is 2.88. The molecule has 1 aliphatic rings. The van der Waals surface area contributed by atoms with Gasteiger partial charge in [0.15, 0.2) is 0 Å². The Labute approximate surface area is 119 Å². The first-order valence-corrected chi connectivity index (χ1v) is 7.25. The molecule has 1 N–H and O–H groups in total. The van der Waals surface area contributed by atoms with E-state index in [4.69, 9.17) is 9.47 Å². The van der Waals surface area contributed by atoms with Crippen molar-refractivity contribution in [2.24, 2.45) is 0 Å². The van der Waals surface area contributed by atoms with Crippen molar-refractivity contribution in [3.8, 4) is 5.75 Å². The molecule has 1 fully saturated rings. The van der Waals surface area contributed by atoms with E-state index in [0.29, 0.717) is 6.10 Å². The topological polar surface area (TPSA) is 30.5 Å². The summed E-state index contributed by atoms with van der Waals surface area (Å²) >= 11 is 0. The molecule has 3 nitrogen and oxygen atoms in total. The Bertz CT molecular complexity index is 597. The average Bonchev–Trinajstić information content (AvgIpc) is 2.54. The predicted molar refractivity (Wildman–Crippen MR) is 81.3 cm³/mol. The van der Waals surface area contributed by atoms with Crippen LogP contribution >= 0.6 is 0 Å². The van der Waals surface area contributed by atoms with Gasteiger partial charge in [-0.2, -0.15) is 0 Å². The molecule has 0 aliphatic carbocycles. The van der Waals surface area contributed by atoms with Gasteiger partial charge in [0, 0.05) is 18.5 Å². The Hall–Kier alpha value is -1.58. The van der Waals surface area contributed by atoms with Gasteiger partial charge in [0.1, 0.15) is 5.75 Å². The second-order valence-electron chi connectivity index (χ2n) is 5.22. The van der Waals surface area contributed by atoms with Crippen LogP contribution in [0.5, 0.6) is 5.75 Å². The maximum Gasteiger partial charge on any atom is 0.126 e. The standard InChI is InChI=1S/C17H21NO2/c1-3-12-10-18-11-17(20-12)15-8-9-16(19-2)14-7-5-4-6-13(14)15/h4-9,12,17-18H,3,10-11H2,1-2H3. The smallest absolute Gasteiger partial charge is 0.126 e. The quantitative estimate of drug-likeness (QED) is 0.929. The molecule has 0 spiro atoms. The summed E-state index contributed by atoms with van der Waals surface area (Å²) in [6.45, 7) is 3.98. The van der Waals surface area contributed by atoms with Crippen molar-refractivity contribution >= 4 is 10.8 Å². The summed E-state index contributed by atoms with van der Waals surface area (Å²) in [7, 11) is 1.72. The van der Waals surface area contributed by atoms with Gasteiger partial charge >= 0.3 is 0 Å². The highest BCUT2D eigenvalue weighted by Crippen LogP contribution is 2.34. The Morgan fingerprint density at radius 2 is 1.95 bits per heavy atom. The van der Waals surface area contributed by atoms with Crippen molar-refractivity contribution in [2.75, 3.05) is 20.2 Å². The van der Waals surface area contributed by atoms with Crippen LogP contribution in [0.1, 0.15) is 25.0 Å². The van der Waals surface area contributed by atoms with Crippen LogP contribution in [0.25, 0.3) is 10.8 Å². The number of rotatable bonds is 3. The van der Waals surface area contributed by atoms with E-state index < -0.39 is 0 Å². The zero-order valence-corrected chi connectivity index (χ0v) is 12.1. The third-order valence-corrected chi connectivity index (χ3v) is 4.00. The number of benzene rings is 2. The number of nitrogens with one attached hydrogen (secondary N) is 1. The van der Waals surface area contributed by atoms with Crippen LogP contribution in [0.3, 0.4) is 0 Å². The minimum atomic E-state index is 0.115. The lowest BCUT2D eigenvalue weighted by Crippen LogP contribution is -2.40. The van der Waals surface area contributed by atoms with Crippen molar-refractivity contribution in [2.45, 2.75) is 25.6 Å². The Morgan fingerprint density at radius 1 is 1.15 bits per heavy atom. The first kappa shape index (κ1) is 13.4. The van der Waals surface area contributed by atoms with Crippen LogP contribution in [0.4, 0.5) is 0 Å². The molecule has 3 heteroatoms. The summed E-state index contributed by atoms with van der Waals surface area (Å²) in [5.41, 5.74) is 1.24. The maximum atomic E-state index is 6.20. The number of methoxy groups -OCH3 is 1. The molecule has 3 rings (SSSR count). The summed E-state index contributed by atoms with van der Waals surface area (Å²) in [5.74, 6) is 0.917. The molecular formula is C17H21NO2. The molecule has 1 aliphatic heterocycles. The van der Waals surface area contributed by atoms with Gasteiger partial charge in [-0.1, -0.05) is 37.3 Å². The molecule has 2 atom stereocenters. The summed E-state index contributed by atoms with van der Waals surface area (Å²) in [6.07, 6.45) is 1.46. The zero-order chi connectivity index (χ0) is 13.9. The Kier molecular flexibility index (Phi) is 3.90. The number of hydrogen-bond acceptors (Lipinski definition) is 3. The van der Waals surface area contributed by atoms with Crippen LogP contribution in [0, 0.1) is 0 Å². The second kappa shape index (κ2) is 5.81. The molecule has 0 saturated carbocycles. The summed E-state index contributed by atoms with van der Waals surface area (Å²) in [4.78, 5) is 0. The highest BCUT2D eigenvalue weighted by Gasteiger charge is 2.24. The Morgan fingerprint density at radius 3 is 2.70 bits per heavy atom. The molecule has 0 radical (unpaired) electrons.